The second kappa shape index (κ2) is 5.05. The van der Waals surface area contributed by atoms with Crippen molar-refractivity contribution in [1.29, 1.82) is 0 Å². The average Bonchev–Trinajstić information content (AvgIpc) is 2.50. The molecular weight excluding hydrogens is 210 g/mol. The molecule has 1 heterocycles. The molecule has 1 aromatic heterocycles. The van der Waals surface area contributed by atoms with Gasteiger partial charge in [-0.3, -0.25) is 0 Å². The summed E-state index contributed by atoms with van der Waals surface area (Å²) in [5.41, 5.74) is 3.85. The molecule has 0 aliphatic heterocycles. The Labute approximate surface area is 91.5 Å². The molecule has 0 aliphatic rings. The van der Waals surface area contributed by atoms with E-state index in [9.17, 15) is 0 Å². The van der Waals surface area contributed by atoms with Crippen molar-refractivity contribution >= 4 is 19.7 Å². The summed E-state index contributed by atoms with van der Waals surface area (Å²) in [7, 11) is -1.47. The van der Waals surface area contributed by atoms with Crippen LogP contribution in [0, 0.1) is 11.4 Å². The number of rotatable bonds is 5. The molecule has 0 unspecified atom stereocenters. The van der Waals surface area contributed by atoms with Crippen molar-refractivity contribution in [3.8, 4) is 0 Å². The van der Waals surface area contributed by atoms with Crippen LogP contribution >= 0.6 is 11.3 Å². The van der Waals surface area contributed by atoms with Crippen molar-refractivity contribution < 1.29 is 4.43 Å². The highest BCUT2D eigenvalue weighted by Gasteiger charge is 2.23. The molecule has 0 aromatic carbocycles. The van der Waals surface area contributed by atoms with E-state index in [0.29, 0.717) is 6.61 Å². The van der Waals surface area contributed by atoms with E-state index in [0.717, 1.165) is 11.6 Å². The van der Waals surface area contributed by atoms with Crippen molar-refractivity contribution in [2.45, 2.75) is 39.6 Å². The second-order valence-electron chi connectivity index (χ2n) is 4.58. The molecule has 0 N–H and O–H groups in total. The quantitative estimate of drug-likeness (QED) is 0.721. The minimum Gasteiger partial charge on any atom is -0.411 e. The standard InChI is InChI=1S/C10H18NOSSi/c1-9(2)7-14(3,4)12-5-10-6-13-8-11-10/h6,9H,5,7H2,1-4H3. The SMILES string of the molecule is CC(C)C[Si](C)(C)OCc1cs[c]n1. The minimum atomic E-state index is -1.47. The van der Waals surface area contributed by atoms with E-state index in [1.807, 2.05) is 5.38 Å². The lowest BCUT2D eigenvalue weighted by Crippen LogP contribution is -2.31. The van der Waals surface area contributed by atoms with Gasteiger partial charge in [0, 0.05) is 5.38 Å². The maximum Gasteiger partial charge on any atom is 0.187 e. The molecule has 0 saturated carbocycles. The van der Waals surface area contributed by atoms with E-state index in [1.165, 1.54) is 17.4 Å². The van der Waals surface area contributed by atoms with Gasteiger partial charge in [-0.05, 0) is 25.1 Å². The van der Waals surface area contributed by atoms with Gasteiger partial charge in [-0.1, -0.05) is 13.8 Å². The van der Waals surface area contributed by atoms with Gasteiger partial charge < -0.3 is 4.43 Å². The Morgan fingerprint density at radius 2 is 2.29 bits per heavy atom. The molecular formula is C10H18NOSSi. The van der Waals surface area contributed by atoms with Crippen LogP contribution in [0.2, 0.25) is 19.1 Å². The molecule has 1 rings (SSSR count). The topological polar surface area (TPSA) is 22.1 Å². The van der Waals surface area contributed by atoms with E-state index in [4.69, 9.17) is 4.43 Å². The van der Waals surface area contributed by atoms with E-state index in [-0.39, 0.29) is 0 Å². The van der Waals surface area contributed by atoms with Crippen LogP contribution in [0.3, 0.4) is 0 Å². The van der Waals surface area contributed by atoms with Crippen LogP contribution in [0.4, 0.5) is 0 Å². The molecule has 4 heteroatoms. The zero-order chi connectivity index (χ0) is 10.6. The van der Waals surface area contributed by atoms with Gasteiger partial charge in [-0.25, -0.2) is 4.98 Å². The molecule has 0 bridgehead atoms. The summed E-state index contributed by atoms with van der Waals surface area (Å²) < 4.78 is 5.95. The Bertz CT molecular complexity index is 259. The summed E-state index contributed by atoms with van der Waals surface area (Å²) in [6.45, 7) is 9.68. The Morgan fingerprint density at radius 1 is 1.57 bits per heavy atom. The smallest absolute Gasteiger partial charge is 0.187 e. The first kappa shape index (κ1) is 11.9. The van der Waals surface area contributed by atoms with E-state index in [2.05, 4.69) is 37.4 Å². The second-order valence-corrected chi connectivity index (χ2v) is 9.45. The largest absolute Gasteiger partial charge is 0.411 e. The lowest BCUT2D eigenvalue weighted by Gasteiger charge is -2.24. The summed E-state index contributed by atoms with van der Waals surface area (Å²) in [5, 5.41) is 2.00. The Morgan fingerprint density at radius 3 is 2.79 bits per heavy atom. The molecule has 0 saturated heterocycles. The van der Waals surface area contributed by atoms with Crippen LogP contribution < -0.4 is 0 Å². The van der Waals surface area contributed by atoms with Crippen molar-refractivity contribution in [3.63, 3.8) is 0 Å². The molecule has 0 atom stereocenters. The number of nitrogens with zero attached hydrogens (tertiary/aromatic N) is 1. The maximum atomic E-state index is 5.95. The third-order valence-corrected chi connectivity index (χ3v) is 5.26. The van der Waals surface area contributed by atoms with Gasteiger partial charge in [0.1, 0.15) is 0 Å². The van der Waals surface area contributed by atoms with Crippen LogP contribution in [-0.4, -0.2) is 13.3 Å². The van der Waals surface area contributed by atoms with Crippen LogP contribution in [0.15, 0.2) is 5.38 Å². The monoisotopic (exact) mass is 228 g/mol. The highest BCUT2D eigenvalue weighted by molar-refractivity contribution is 7.07. The van der Waals surface area contributed by atoms with Gasteiger partial charge in [0.05, 0.1) is 12.3 Å². The fourth-order valence-electron chi connectivity index (χ4n) is 1.58. The number of hydrogen-bond acceptors (Lipinski definition) is 3. The zero-order valence-electron chi connectivity index (χ0n) is 9.33. The molecule has 0 spiro atoms. The Hall–Kier alpha value is -0.193. The first-order valence-corrected chi connectivity index (χ1v) is 8.93. The average molecular weight is 228 g/mol. The summed E-state index contributed by atoms with van der Waals surface area (Å²) in [5.74, 6) is 0.721. The Balaban J connectivity index is 2.36. The fourth-order valence-corrected chi connectivity index (χ4v) is 4.69. The van der Waals surface area contributed by atoms with Gasteiger partial charge in [-0.15, -0.1) is 11.3 Å². The number of aromatic nitrogens is 1. The molecule has 2 nitrogen and oxygen atoms in total. The Kier molecular flexibility index (Phi) is 4.28. The van der Waals surface area contributed by atoms with E-state index < -0.39 is 8.32 Å². The minimum absolute atomic E-state index is 0.659. The van der Waals surface area contributed by atoms with Gasteiger partial charge in [-0.2, -0.15) is 0 Å². The fraction of sp³-hybridized carbons (Fsp3) is 0.700. The molecule has 0 fully saturated rings. The predicted octanol–water partition coefficient (Wildman–Crippen LogP) is 3.32. The molecule has 14 heavy (non-hydrogen) atoms. The molecule has 1 radical (unpaired) electrons. The van der Waals surface area contributed by atoms with Gasteiger partial charge >= 0.3 is 0 Å². The summed E-state index contributed by atoms with van der Waals surface area (Å²) in [4.78, 5) is 4.09. The first-order chi connectivity index (χ1) is 6.49. The zero-order valence-corrected chi connectivity index (χ0v) is 11.1. The highest BCUT2D eigenvalue weighted by Crippen LogP contribution is 2.19. The van der Waals surface area contributed by atoms with Gasteiger partial charge in [0.25, 0.3) is 0 Å². The highest BCUT2D eigenvalue weighted by atomic mass is 32.1. The third kappa shape index (κ3) is 4.35. The van der Waals surface area contributed by atoms with Gasteiger partial charge in [0.2, 0.25) is 0 Å². The number of thiazole rings is 1. The van der Waals surface area contributed by atoms with Crippen LogP contribution in [0.5, 0.6) is 0 Å². The molecule has 0 aliphatic carbocycles. The van der Waals surface area contributed by atoms with E-state index >= 15 is 0 Å². The van der Waals surface area contributed by atoms with Crippen LogP contribution in [0.25, 0.3) is 0 Å². The van der Waals surface area contributed by atoms with E-state index in [1.54, 1.807) is 0 Å². The van der Waals surface area contributed by atoms with Crippen molar-refractivity contribution in [1.82, 2.24) is 4.98 Å². The van der Waals surface area contributed by atoms with Crippen LogP contribution in [0.1, 0.15) is 19.5 Å². The molecule has 0 amide bonds. The summed E-state index contributed by atoms with van der Waals surface area (Å²) in [6, 6.07) is 1.21. The molecule has 79 valence electrons. The van der Waals surface area contributed by atoms with Crippen molar-refractivity contribution in [2.75, 3.05) is 0 Å². The lowest BCUT2D eigenvalue weighted by molar-refractivity contribution is 0.287. The first-order valence-electron chi connectivity index (χ1n) is 4.94. The van der Waals surface area contributed by atoms with Gasteiger partial charge in [0.15, 0.2) is 13.8 Å². The van der Waals surface area contributed by atoms with Crippen molar-refractivity contribution in [3.05, 3.63) is 16.6 Å². The van der Waals surface area contributed by atoms with Crippen LogP contribution in [-0.2, 0) is 11.0 Å². The van der Waals surface area contributed by atoms with Crippen molar-refractivity contribution in [2.24, 2.45) is 5.92 Å². The normalized spacial score (nSPS) is 12.4. The maximum absolute atomic E-state index is 5.95. The third-order valence-electron chi connectivity index (χ3n) is 1.95. The summed E-state index contributed by atoms with van der Waals surface area (Å²) in [6.07, 6.45) is 0. The molecule has 1 aromatic rings. The summed E-state index contributed by atoms with van der Waals surface area (Å²) >= 11 is 1.50. The predicted molar refractivity (Wildman–Crippen MR) is 62.9 cm³/mol. The number of hydrogen-bond donors (Lipinski definition) is 0. The lowest BCUT2D eigenvalue weighted by atomic mass is 10.3.